The second-order valence-electron chi connectivity index (χ2n) is 4.19. The lowest BCUT2D eigenvalue weighted by atomic mass is 10.2. The molecule has 94 valence electrons. The number of benzene rings is 2. The van der Waals surface area contributed by atoms with Crippen LogP contribution in [0.1, 0.15) is 0 Å². The Morgan fingerprint density at radius 3 is 2.47 bits per heavy atom. The van der Waals surface area contributed by atoms with Gasteiger partial charge in [0.05, 0.1) is 5.39 Å². The van der Waals surface area contributed by atoms with Gasteiger partial charge in [0.2, 0.25) is 0 Å². The van der Waals surface area contributed by atoms with Crippen molar-refractivity contribution in [1.29, 1.82) is 0 Å². The molecular weight excluding hydrogens is 240 g/mol. The summed E-state index contributed by atoms with van der Waals surface area (Å²) in [6.45, 7) is 0. The molecular formula is C15H12N2O2. The molecule has 2 aromatic carbocycles. The first-order chi connectivity index (χ1) is 9.25. The summed E-state index contributed by atoms with van der Waals surface area (Å²) < 4.78 is 5.67. The highest BCUT2D eigenvalue weighted by Gasteiger charge is 2.11. The van der Waals surface area contributed by atoms with Crippen molar-refractivity contribution in [2.45, 2.75) is 0 Å². The van der Waals surface area contributed by atoms with Gasteiger partial charge in [0.1, 0.15) is 5.58 Å². The molecule has 0 bridgehead atoms. The van der Waals surface area contributed by atoms with E-state index in [9.17, 15) is 4.79 Å². The summed E-state index contributed by atoms with van der Waals surface area (Å²) in [4.78, 5) is 17.7. The Morgan fingerprint density at radius 1 is 1.00 bits per heavy atom. The third-order valence-corrected chi connectivity index (χ3v) is 2.95. The maximum atomic E-state index is 11.9. The first kappa shape index (κ1) is 11.5. The lowest BCUT2D eigenvalue weighted by Crippen LogP contribution is -2.16. The number of rotatable bonds is 2. The molecule has 0 fully saturated rings. The van der Waals surface area contributed by atoms with E-state index >= 15 is 0 Å². The fourth-order valence-electron chi connectivity index (χ4n) is 1.91. The number of hydrogen-bond donors (Lipinski definition) is 0. The Bertz CT molecular complexity index is 766. The number of aromatic nitrogens is 1. The third-order valence-electron chi connectivity index (χ3n) is 2.95. The smallest absolute Gasteiger partial charge is 0.305 e. The Balaban J connectivity index is 2.14. The molecule has 0 unspecified atom stereocenters. The molecule has 3 rings (SSSR count). The number of fused-ring (bicyclic) bond motifs is 1. The lowest BCUT2D eigenvalue weighted by Gasteiger charge is -2.16. The Labute approximate surface area is 109 Å². The van der Waals surface area contributed by atoms with Crippen LogP contribution in [0.2, 0.25) is 0 Å². The van der Waals surface area contributed by atoms with Crippen molar-refractivity contribution >= 4 is 22.7 Å². The molecule has 4 nitrogen and oxygen atoms in total. The second kappa shape index (κ2) is 4.57. The van der Waals surface area contributed by atoms with Gasteiger partial charge in [0.15, 0.2) is 0 Å². The Hall–Kier alpha value is -2.62. The molecule has 1 heterocycles. The monoisotopic (exact) mass is 252 g/mol. The van der Waals surface area contributed by atoms with Crippen molar-refractivity contribution in [2.24, 2.45) is 0 Å². The molecule has 0 atom stereocenters. The molecule has 3 aromatic rings. The van der Waals surface area contributed by atoms with E-state index in [2.05, 4.69) is 4.98 Å². The van der Waals surface area contributed by atoms with Crippen molar-refractivity contribution in [3.8, 4) is 0 Å². The van der Waals surface area contributed by atoms with Crippen LogP contribution >= 0.6 is 0 Å². The minimum Gasteiger partial charge on any atom is -0.425 e. The van der Waals surface area contributed by atoms with Gasteiger partial charge in [-0.25, -0.2) is 0 Å². The van der Waals surface area contributed by atoms with Crippen molar-refractivity contribution < 1.29 is 4.42 Å². The van der Waals surface area contributed by atoms with Crippen LogP contribution in [-0.2, 0) is 0 Å². The van der Waals surface area contributed by atoms with E-state index in [0.717, 1.165) is 5.69 Å². The SMILES string of the molecule is CN(c1ccccc1)c1nc(=O)c2ccccc2o1. The first-order valence-corrected chi connectivity index (χ1v) is 5.94. The average molecular weight is 252 g/mol. The van der Waals surface area contributed by atoms with Crippen LogP contribution < -0.4 is 10.5 Å². The van der Waals surface area contributed by atoms with Gasteiger partial charge >= 0.3 is 6.01 Å². The van der Waals surface area contributed by atoms with Gasteiger partial charge in [0.25, 0.3) is 5.56 Å². The van der Waals surface area contributed by atoms with Crippen molar-refractivity contribution in [3.63, 3.8) is 0 Å². The molecule has 0 aliphatic rings. The summed E-state index contributed by atoms with van der Waals surface area (Å²) in [5, 5.41) is 0.493. The van der Waals surface area contributed by atoms with Crippen LogP contribution in [0, 0.1) is 0 Å². The number of hydrogen-bond acceptors (Lipinski definition) is 4. The highest BCUT2D eigenvalue weighted by atomic mass is 16.4. The topological polar surface area (TPSA) is 46.3 Å². The van der Waals surface area contributed by atoms with E-state index in [1.165, 1.54) is 0 Å². The number of anilines is 2. The highest BCUT2D eigenvalue weighted by molar-refractivity contribution is 5.76. The fourth-order valence-corrected chi connectivity index (χ4v) is 1.91. The van der Waals surface area contributed by atoms with E-state index in [1.54, 1.807) is 23.1 Å². The van der Waals surface area contributed by atoms with E-state index in [4.69, 9.17) is 4.42 Å². The maximum Gasteiger partial charge on any atom is 0.305 e. The molecule has 0 radical (unpaired) electrons. The molecule has 1 aromatic heterocycles. The second-order valence-corrected chi connectivity index (χ2v) is 4.19. The van der Waals surface area contributed by atoms with Crippen molar-refractivity contribution in [1.82, 2.24) is 4.98 Å². The largest absolute Gasteiger partial charge is 0.425 e. The number of para-hydroxylation sites is 2. The average Bonchev–Trinajstić information content (AvgIpc) is 2.47. The van der Waals surface area contributed by atoms with E-state index in [0.29, 0.717) is 11.0 Å². The highest BCUT2D eigenvalue weighted by Crippen LogP contribution is 2.22. The van der Waals surface area contributed by atoms with Gasteiger partial charge < -0.3 is 4.42 Å². The van der Waals surface area contributed by atoms with Crippen molar-refractivity contribution in [2.75, 3.05) is 11.9 Å². The zero-order valence-corrected chi connectivity index (χ0v) is 10.4. The first-order valence-electron chi connectivity index (χ1n) is 5.94. The molecule has 4 heteroatoms. The molecule has 0 amide bonds. The molecule has 0 aliphatic heterocycles. The van der Waals surface area contributed by atoms with Crippen LogP contribution in [-0.4, -0.2) is 12.0 Å². The molecule has 0 saturated heterocycles. The quantitative estimate of drug-likeness (QED) is 0.703. The van der Waals surface area contributed by atoms with E-state index in [1.807, 2.05) is 43.4 Å². The van der Waals surface area contributed by atoms with E-state index < -0.39 is 0 Å². The van der Waals surface area contributed by atoms with Gasteiger partial charge in [-0.05, 0) is 24.3 Å². The predicted octanol–water partition coefficient (Wildman–Crippen LogP) is 2.96. The predicted molar refractivity (Wildman–Crippen MR) is 74.8 cm³/mol. The number of nitrogens with zero attached hydrogens (tertiary/aromatic N) is 2. The van der Waals surface area contributed by atoms with Crippen LogP contribution in [0.3, 0.4) is 0 Å². The summed E-state index contributed by atoms with van der Waals surface area (Å²) in [6, 6.07) is 17.0. The van der Waals surface area contributed by atoms with Crippen molar-refractivity contribution in [3.05, 3.63) is 65.0 Å². The summed E-state index contributed by atoms with van der Waals surface area (Å²) in [5.74, 6) is 0. The molecule has 0 N–H and O–H groups in total. The van der Waals surface area contributed by atoms with Crippen LogP contribution in [0.5, 0.6) is 0 Å². The van der Waals surface area contributed by atoms with Gasteiger partial charge in [-0.2, -0.15) is 4.98 Å². The van der Waals surface area contributed by atoms with Crippen LogP contribution in [0.25, 0.3) is 11.0 Å². The zero-order valence-electron chi connectivity index (χ0n) is 10.4. The molecule has 0 saturated carbocycles. The van der Waals surface area contributed by atoms with E-state index in [-0.39, 0.29) is 11.6 Å². The molecule has 0 aliphatic carbocycles. The molecule has 19 heavy (non-hydrogen) atoms. The maximum absolute atomic E-state index is 11.9. The summed E-state index contributed by atoms with van der Waals surface area (Å²) in [7, 11) is 1.81. The minimum atomic E-state index is -0.278. The van der Waals surface area contributed by atoms with Gasteiger partial charge in [-0.15, -0.1) is 0 Å². The Kier molecular flexibility index (Phi) is 2.76. The normalized spacial score (nSPS) is 10.6. The minimum absolute atomic E-state index is 0.278. The summed E-state index contributed by atoms with van der Waals surface area (Å²) in [5.41, 5.74) is 1.17. The van der Waals surface area contributed by atoms with Crippen LogP contribution in [0.4, 0.5) is 11.7 Å². The van der Waals surface area contributed by atoms with Crippen LogP contribution in [0.15, 0.2) is 63.8 Å². The summed E-state index contributed by atoms with van der Waals surface area (Å²) in [6.07, 6.45) is 0. The van der Waals surface area contributed by atoms with Gasteiger partial charge in [-0.3, -0.25) is 9.69 Å². The third kappa shape index (κ3) is 2.08. The lowest BCUT2D eigenvalue weighted by molar-refractivity contribution is 0.579. The fraction of sp³-hybridized carbons (Fsp3) is 0.0667. The summed E-state index contributed by atoms with van der Waals surface area (Å²) >= 11 is 0. The molecule has 0 spiro atoms. The standard InChI is InChI=1S/C15H12N2O2/c1-17(11-7-3-2-4-8-11)15-16-14(18)12-9-5-6-10-13(12)19-15/h2-10H,1H3. The zero-order chi connectivity index (χ0) is 13.2. The van der Waals surface area contributed by atoms with Gasteiger partial charge in [-0.1, -0.05) is 30.3 Å². The van der Waals surface area contributed by atoms with Gasteiger partial charge in [0, 0.05) is 12.7 Å². The Morgan fingerprint density at radius 2 is 1.68 bits per heavy atom.